The Morgan fingerprint density at radius 3 is 2.71 bits per heavy atom. The van der Waals surface area contributed by atoms with Gasteiger partial charge in [0.2, 0.25) is 0 Å². The van der Waals surface area contributed by atoms with Gasteiger partial charge in [0.25, 0.3) is 5.91 Å². The summed E-state index contributed by atoms with van der Waals surface area (Å²) in [5.74, 6) is -0.220. The number of carbonyl (C=O) groups is 1. The average Bonchev–Trinajstić information content (AvgIpc) is 2.51. The Balaban J connectivity index is 2.01. The highest BCUT2D eigenvalue weighted by molar-refractivity contribution is 6.11. The molecule has 3 aromatic rings. The van der Waals surface area contributed by atoms with Crippen LogP contribution in [0, 0.1) is 6.92 Å². The number of amides is 1. The first-order valence-corrected chi connectivity index (χ1v) is 6.67. The zero-order valence-electron chi connectivity index (χ0n) is 11.6. The number of para-hydroxylation sites is 1. The fourth-order valence-corrected chi connectivity index (χ4v) is 2.32. The lowest BCUT2D eigenvalue weighted by molar-refractivity contribution is 0.102. The number of aryl methyl sites for hydroxylation is 1. The van der Waals surface area contributed by atoms with E-state index in [0.29, 0.717) is 11.3 Å². The van der Waals surface area contributed by atoms with Crippen LogP contribution in [0.1, 0.15) is 15.9 Å². The summed E-state index contributed by atoms with van der Waals surface area (Å²) in [5.41, 5.74) is 9.46. The molecule has 0 aliphatic rings. The quantitative estimate of drug-likeness (QED) is 0.706. The van der Waals surface area contributed by atoms with Gasteiger partial charge in [0.1, 0.15) is 0 Å². The minimum absolute atomic E-state index is 0.220. The van der Waals surface area contributed by atoms with Crippen LogP contribution in [0.15, 0.2) is 54.7 Å². The standard InChI is InChI=1S/C17H15N3O/c1-11-8-9-15(13-6-4-10-19-16(11)13)20-17(21)12-5-2-3-7-14(12)18/h2-10H,18H2,1H3,(H,20,21). The number of carbonyl (C=O) groups excluding carboxylic acids is 1. The molecule has 0 unspecified atom stereocenters. The number of benzene rings is 2. The van der Waals surface area contributed by atoms with Crippen molar-refractivity contribution in [3.05, 3.63) is 65.9 Å². The Morgan fingerprint density at radius 2 is 1.90 bits per heavy atom. The van der Waals surface area contributed by atoms with Crippen LogP contribution in [0.3, 0.4) is 0 Å². The van der Waals surface area contributed by atoms with Gasteiger partial charge in [-0.1, -0.05) is 18.2 Å². The topological polar surface area (TPSA) is 68.0 Å². The lowest BCUT2D eigenvalue weighted by Gasteiger charge is -2.11. The van der Waals surface area contributed by atoms with E-state index in [4.69, 9.17) is 5.73 Å². The number of nitrogens with zero attached hydrogens (tertiary/aromatic N) is 1. The molecule has 3 N–H and O–H groups in total. The smallest absolute Gasteiger partial charge is 0.257 e. The number of hydrogen-bond acceptors (Lipinski definition) is 3. The molecule has 21 heavy (non-hydrogen) atoms. The molecule has 3 rings (SSSR count). The van der Waals surface area contributed by atoms with Crippen LogP contribution in [0.2, 0.25) is 0 Å². The van der Waals surface area contributed by atoms with Crippen molar-refractivity contribution in [3.63, 3.8) is 0 Å². The predicted octanol–water partition coefficient (Wildman–Crippen LogP) is 3.38. The molecule has 2 aromatic carbocycles. The molecule has 4 heteroatoms. The number of fused-ring (bicyclic) bond motifs is 1. The zero-order valence-corrected chi connectivity index (χ0v) is 11.6. The van der Waals surface area contributed by atoms with Gasteiger partial charge in [-0.3, -0.25) is 9.78 Å². The van der Waals surface area contributed by atoms with Gasteiger partial charge in [-0.25, -0.2) is 0 Å². The Labute approximate surface area is 122 Å². The molecule has 1 heterocycles. The van der Waals surface area contributed by atoms with Crippen LogP contribution in [0.5, 0.6) is 0 Å². The molecular formula is C17H15N3O. The molecule has 0 aliphatic heterocycles. The largest absolute Gasteiger partial charge is 0.398 e. The Bertz CT molecular complexity index is 827. The van der Waals surface area contributed by atoms with E-state index < -0.39 is 0 Å². The zero-order chi connectivity index (χ0) is 14.8. The molecule has 0 saturated heterocycles. The van der Waals surface area contributed by atoms with Crippen LogP contribution in [0.25, 0.3) is 10.9 Å². The normalized spacial score (nSPS) is 10.5. The molecule has 0 spiro atoms. The molecule has 4 nitrogen and oxygen atoms in total. The predicted molar refractivity (Wildman–Crippen MR) is 85.3 cm³/mol. The highest BCUT2D eigenvalue weighted by atomic mass is 16.1. The van der Waals surface area contributed by atoms with E-state index in [-0.39, 0.29) is 5.91 Å². The van der Waals surface area contributed by atoms with E-state index in [1.54, 1.807) is 30.5 Å². The molecule has 0 aliphatic carbocycles. The fraction of sp³-hybridized carbons (Fsp3) is 0.0588. The van der Waals surface area contributed by atoms with Crippen LogP contribution in [-0.2, 0) is 0 Å². The average molecular weight is 277 g/mol. The van der Waals surface area contributed by atoms with Gasteiger partial charge in [0.15, 0.2) is 0 Å². The minimum Gasteiger partial charge on any atom is -0.398 e. The second kappa shape index (κ2) is 5.25. The third-order valence-corrected chi connectivity index (χ3v) is 3.43. The summed E-state index contributed by atoms with van der Waals surface area (Å²) in [4.78, 5) is 16.7. The van der Waals surface area contributed by atoms with Gasteiger partial charge in [0.05, 0.1) is 16.8 Å². The van der Waals surface area contributed by atoms with E-state index in [2.05, 4.69) is 10.3 Å². The molecule has 0 saturated carbocycles. The highest BCUT2D eigenvalue weighted by Gasteiger charge is 2.11. The van der Waals surface area contributed by atoms with Crippen molar-refractivity contribution >= 4 is 28.2 Å². The second-order valence-corrected chi connectivity index (χ2v) is 4.87. The number of hydrogen-bond donors (Lipinski definition) is 2. The summed E-state index contributed by atoms with van der Waals surface area (Å²) in [6, 6.07) is 14.6. The fourth-order valence-electron chi connectivity index (χ4n) is 2.32. The molecule has 0 atom stereocenters. The Kier molecular flexibility index (Phi) is 3.28. The SMILES string of the molecule is Cc1ccc(NC(=O)c2ccccc2N)c2cccnc12. The van der Waals surface area contributed by atoms with Gasteiger partial charge < -0.3 is 11.1 Å². The van der Waals surface area contributed by atoms with Crippen molar-refractivity contribution in [1.29, 1.82) is 0 Å². The van der Waals surface area contributed by atoms with E-state index in [1.165, 1.54) is 0 Å². The van der Waals surface area contributed by atoms with E-state index in [0.717, 1.165) is 22.2 Å². The summed E-state index contributed by atoms with van der Waals surface area (Å²) < 4.78 is 0. The van der Waals surface area contributed by atoms with E-state index >= 15 is 0 Å². The molecule has 1 aromatic heterocycles. The molecule has 0 radical (unpaired) electrons. The van der Waals surface area contributed by atoms with Crippen LogP contribution in [-0.4, -0.2) is 10.9 Å². The van der Waals surface area contributed by atoms with Crippen molar-refractivity contribution in [2.24, 2.45) is 0 Å². The Morgan fingerprint density at radius 1 is 1.10 bits per heavy atom. The molecule has 0 bridgehead atoms. The van der Waals surface area contributed by atoms with Gasteiger partial charge >= 0.3 is 0 Å². The van der Waals surface area contributed by atoms with E-state index in [1.807, 2.05) is 31.2 Å². The van der Waals surface area contributed by atoms with Gasteiger partial charge in [-0.05, 0) is 42.8 Å². The number of nitrogens with one attached hydrogen (secondary N) is 1. The van der Waals surface area contributed by atoms with Crippen LogP contribution >= 0.6 is 0 Å². The second-order valence-electron chi connectivity index (χ2n) is 4.87. The first-order chi connectivity index (χ1) is 10.2. The summed E-state index contributed by atoms with van der Waals surface area (Å²) >= 11 is 0. The molecule has 0 fully saturated rings. The maximum Gasteiger partial charge on any atom is 0.257 e. The van der Waals surface area contributed by atoms with Gasteiger partial charge in [-0.2, -0.15) is 0 Å². The van der Waals surface area contributed by atoms with E-state index in [9.17, 15) is 4.79 Å². The first kappa shape index (κ1) is 13.1. The van der Waals surface area contributed by atoms with Crippen molar-refractivity contribution in [2.75, 3.05) is 11.1 Å². The van der Waals surface area contributed by atoms with Gasteiger partial charge in [-0.15, -0.1) is 0 Å². The lowest BCUT2D eigenvalue weighted by Crippen LogP contribution is -2.14. The third kappa shape index (κ3) is 2.43. The molecule has 104 valence electrons. The maximum atomic E-state index is 12.4. The van der Waals surface area contributed by atoms with Crippen molar-refractivity contribution in [3.8, 4) is 0 Å². The van der Waals surface area contributed by atoms with Gasteiger partial charge in [0, 0.05) is 17.3 Å². The number of nitrogen functional groups attached to an aromatic ring is 1. The van der Waals surface area contributed by atoms with Crippen molar-refractivity contribution in [2.45, 2.75) is 6.92 Å². The minimum atomic E-state index is -0.220. The van der Waals surface area contributed by atoms with Crippen molar-refractivity contribution < 1.29 is 4.79 Å². The monoisotopic (exact) mass is 277 g/mol. The third-order valence-electron chi connectivity index (χ3n) is 3.43. The maximum absolute atomic E-state index is 12.4. The Hall–Kier alpha value is -2.88. The number of pyridine rings is 1. The molecule has 1 amide bonds. The summed E-state index contributed by atoms with van der Waals surface area (Å²) in [5, 5.41) is 3.83. The summed E-state index contributed by atoms with van der Waals surface area (Å²) in [6.45, 7) is 2.00. The van der Waals surface area contributed by atoms with Crippen LogP contribution < -0.4 is 11.1 Å². The summed E-state index contributed by atoms with van der Waals surface area (Å²) in [6.07, 6.45) is 1.75. The summed E-state index contributed by atoms with van der Waals surface area (Å²) in [7, 11) is 0. The number of aromatic nitrogens is 1. The molecular weight excluding hydrogens is 262 g/mol. The number of nitrogens with two attached hydrogens (primary N) is 1. The first-order valence-electron chi connectivity index (χ1n) is 6.67. The lowest BCUT2D eigenvalue weighted by atomic mass is 10.1. The number of rotatable bonds is 2. The highest BCUT2D eigenvalue weighted by Crippen LogP contribution is 2.25. The van der Waals surface area contributed by atoms with Crippen molar-refractivity contribution in [1.82, 2.24) is 4.98 Å². The number of anilines is 2. The van der Waals surface area contributed by atoms with Crippen LogP contribution in [0.4, 0.5) is 11.4 Å².